The normalized spacial score (nSPS) is 15.0. The van der Waals surface area contributed by atoms with E-state index < -0.39 is 0 Å². The molecule has 0 saturated heterocycles. The van der Waals surface area contributed by atoms with E-state index in [2.05, 4.69) is 5.32 Å². The molecule has 1 aliphatic rings. The second-order valence-electron chi connectivity index (χ2n) is 4.46. The Hall–Kier alpha value is -1.35. The topological polar surface area (TPSA) is 49.3 Å². The van der Waals surface area contributed by atoms with Crippen molar-refractivity contribution >= 4 is 5.78 Å². The first-order valence-corrected chi connectivity index (χ1v) is 5.74. The van der Waals surface area contributed by atoms with Crippen LogP contribution in [-0.2, 0) is 11.2 Å². The van der Waals surface area contributed by atoms with Gasteiger partial charge in [0.1, 0.15) is 5.75 Å². The van der Waals surface area contributed by atoms with E-state index in [1.54, 1.807) is 24.3 Å². The molecule has 2 N–H and O–H groups in total. The van der Waals surface area contributed by atoms with Gasteiger partial charge in [-0.2, -0.15) is 0 Å². The van der Waals surface area contributed by atoms with Crippen LogP contribution in [-0.4, -0.2) is 24.0 Å². The second-order valence-corrected chi connectivity index (χ2v) is 4.46. The van der Waals surface area contributed by atoms with E-state index in [0.29, 0.717) is 13.0 Å². The molecule has 3 heteroatoms. The molecule has 3 nitrogen and oxygen atoms in total. The molecule has 1 aromatic rings. The summed E-state index contributed by atoms with van der Waals surface area (Å²) < 4.78 is 0. The van der Waals surface area contributed by atoms with Gasteiger partial charge in [-0.25, -0.2) is 0 Å². The monoisotopic (exact) mass is 219 g/mol. The molecule has 0 heterocycles. The lowest BCUT2D eigenvalue weighted by Crippen LogP contribution is -2.26. The fraction of sp³-hybridized carbons (Fsp3) is 0.462. The molecular weight excluding hydrogens is 202 g/mol. The van der Waals surface area contributed by atoms with E-state index >= 15 is 0 Å². The van der Waals surface area contributed by atoms with E-state index in [-0.39, 0.29) is 11.5 Å². The van der Waals surface area contributed by atoms with Gasteiger partial charge in [-0.05, 0) is 43.0 Å². The van der Waals surface area contributed by atoms with Gasteiger partial charge in [0.05, 0.1) is 6.54 Å². The first-order chi connectivity index (χ1) is 7.74. The number of carbonyl (C=O) groups excluding carboxylic acids is 1. The van der Waals surface area contributed by atoms with Crippen molar-refractivity contribution in [1.29, 1.82) is 0 Å². The summed E-state index contributed by atoms with van der Waals surface area (Å²) in [7, 11) is 0. The molecule has 0 atom stereocenters. The highest BCUT2D eigenvalue weighted by Crippen LogP contribution is 2.27. The Morgan fingerprint density at radius 1 is 1.31 bits per heavy atom. The Balaban J connectivity index is 1.70. The maximum atomic E-state index is 11.6. The van der Waals surface area contributed by atoms with Crippen molar-refractivity contribution in [2.75, 3.05) is 13.1 Å². The lowest BCUT2D eigenvalue weighted by molar-refractivity contribution is -0.117. The van der Waals surface area contributed by atoms with Crippen LogP contribution in [0.2, 0.25) is 0 Å². The zero-order chi connectivity index (χ0) is 11.4. The number of nitrogens with one attached hydrogen (secondary N) is 1. The summed E-state index contributed by atoms with van der Waals surface area (Å²) in [4.78, 5) is 11.6. The van der Waals surface area contributed by atoms with Crippen molar-refractivity contribution in [3.63, 3.8) is 0 Å². The number of Topliss-reactive ketones (excluding diaryl/α,β-unsaturated/α-hetero) is 1. The molecule has 1 fully saturated rings. The van der Waals surface area contributed by atoms with Gasteiger partial charge in [0, 0.05) is 6.42 Å². The number of benzene rings is 1. The standard InChI is InChI=1S/C13H17NO2/c15-12-5-3-10(4-6-12)7-13(16)9-14-8-11-1-2-11/h3-6,11,14-15H,1-2,7-9H2. The molecule has 1 aromatic carbocycles. The SMILES string of the molecule is O=C(CNCC1CC1)Cc1ccc(O)cc1. The first kappa shape index (κ1) is 11.1. The average Bonchev–Trinajstić information content (AvgIpc) is 3.05. The minimum Gasteiger partial charge on any atom is -0.508 e. The summed E-state index contributed by atoms with van der Waals surface area (Å²) in [5.74, 6) is 1.25. The van der Waals surface area contributed by atoms with Crippen molar-refractivity contribution < 1.29 is 9.90 Å². The van der Waals surface area contributed by atoms with Crippen LogP contribution in [0.4, 0.5) is 0 Å². The van der Waals surface area contributed by atoms with Crippen molar-refractivity contribution in [2.45, 2.75) is 19.3 Å². The number of rotatable bonds is 6. The fourth-order valence-electron chi connectivity index (χ4n) is 1.64. The Morgan fingerprint density at radius 2 is 2.00 bits per heavy atom. The number of hydrogen-bond acceptors (Lipinski definition) is 3. The van der Waals surface area contributed by atoms with Crippen LogP contribution >= 0.6 is 0 Å². The maximum absolute atomic E-state index is 11.6. The predicted octanol–water partition coefficient (Wildman–Crippen LogP) is 1.50. The molecule has 0 aromatic heterocycles. The molecular formula is C13H17NO2. The molecule has 1 saturated carbocycles. The number of hydrogen-bond donors (Lipinski definition) is 2. The molecule has 86 valence electrons. The number of ketones is 1. The van der Waals surface area contributed by atoms with Crippen molar-refractivity contribution in [3.8, 4) is 5.75 Å². The number of carbonyl (C=O) groups is 1. The van der Waals surface area contributed by atoms with E-state index in [1.807, 2.05) is 0 Å². The van der Waals surface area contributed by atoms with Crippen molar-refractivity contribution in [3.05, 3.63) is 29.8 Å². The summed E-state index contributed by atoms with van der Waals surface area (Å²) in [5, 5.41) is 12.3. The van der Waals surface area contributed by atoms with Gasteiger partial charge in [-0.1, -0.05) is 12.1 Å². The van der Waals surface area contributed by atoms with Gasteiger partial charge in [0.25, 0.3) is 0 Å². The van der Waals surface area contributed by atoms with E-state index in [0.717, 1.165) is 18.0 Å². The van der Waals surface area contributed by atoms with Gasteiger partial charge in [0.2, 0.25) is 0 Å². The summed E-state index contributed by atoms with van der Waals surface area (Å²) in [6, 6.07) is 6.79. The molecule has 0 amide bonds. The van der Waals surface area contributed by atoms with Gasteiger partial charge >= 0.3 is 0 Å². The first-order valence-electron chi connectivity index (χ1n) is 5.74. The lowest BCUT2D eigenvalue weighted by Gasteiger charge is -2.03. The third-order valence-electron chi connectivity index (χ3n) is 2.79. The Labute approximate surface area is 95.5 Å². The number of phenolic OH excluding ortho intramolecular Hbond substituents is 1. The van der Waals surface area contributed by atoms with E-state index in [9.17, 15) is 4.79 Å². The minimum absolute atomic E-state index is 0.200. The smallest absolute Gasteiger partial charge is 0.150 e. The average molecular weight is 219 g/mol. The van der Waals surface area contributed by atoms with Gasteiger partial charge in [-0.3, -0.25) is 4.79 Å². The highest BCUT2D eigenvalue weighted by Gasteiger charge is 2.20. The van der Waals surface area contributed by atoms with Crippen LogP contribution in [0.1, 0.15) is 18.4 Å². The molecule has 0 radical (unpaired) electrons. The fourth-order valence-corrected chi connectivity index (χ4v) is 1.64. The predicted molar refractivity (Wildman–Crippen MR) is 62.4 cm³/mol. The van der Waals surface area contributed by atoms with Crippen LogP contribution < -0.4 is 5.32 Å². The number of phenols is 1. The number of aromatic hydroxyl groups is 1. The summed E-state index contributed by atoms with van der Waals surface area (Å²) >= 11 is 0. The molecule has 0 spiro atoms. The molecule has 0 aliphatic heterocycles. The zero-order valence-corrected chi connectivity index (χ0v) is 9.28. The summed E-state index contributed by atoms with van der Waals surface area (Å²) in [6.07, 6.45) is 3.05. The van der Waals surface area contributed by atoms with Crippen LogP contribution in [0, 0.1) is 5.92 Å². The molecule has 16 heavy (non-hydrogen) atoms. The summed E-state index contributed by atoms with van der Waals surface area (Å²) in [6.45, 7) is 1.43. The van der Waals surface area contributed by atoms with Crippen LogP contribution in [0.25, 0.3) is 0 Å². The molecule has 1 aliphatic carbocycles. The second kappa shape index (κ2) is 5.12. The molecule has 0 bridgehead atoms. The Morgan fingerprint density at radius 3 is 2.62 bits per heavy atom. The molecule has 0 unspecified atom stereocenters. The molecule has 2 rings (SSSR count). The van der Waals surface area contributed by atoms with E-state index in [4.69, 9.17) is 5.11 Å². The Kier molecular flexibility index (Phi) is 3.57. The van der Waals surface area contributed by atoms with E-state index in [1.165, 1.54) is 12.8 Å². The maximum Gasteiger partial charge on any atom is 0.150 e. The van der Waals surface area contributed by atoms with Crippen molar-refractivity contribution in [1.82, 2.24) is 5.32 Å². The van der Waals surface area contributed by atoms with Gasteiger partial charge in [0.15, 0.2) is 5.78 Å². The van der Waals surface area contributed by atoms with Crippen LogP contribution in [0.15, 0.2) is 24.3 Å². The zero-order valence-electron chi connectivity index (χ0n) is 9.28. The largest absolute Gasteiger partial charge is 0.508 e. The van der Waals surface area contributed by atoms with Gasteiger partial charge < -0.3 is 10.4 Å². The summed E-state index contributed by atoms with van der Waals surface area (Å²) in [5.41, 5.74) is 0.955. The quantitative estimate of drug-likeness (QED) is 0.762. The third kappa shape index (κ3) is 3.66. The highest BCUT2D eigenvalue weighted by molar-refractivity contribution is 5.82. The lowest BCUT2D eigenvalue weighted by atomic mass is 10.1. The van der Waals surface area contributed by atoms with Gasteiger partial charge in [-0.15, -0.1) is 0 Å². The van der Waals surface area contributed by atoms with Crippen LogP contribution in [0.5, 0.6) is 5.75 Å². The minimum atomic E-state index is 0.200. The Bertz CT molecular complexity index is 355. The van der Waals surface area contributed by atoms with Crippen LogP contribution in [0.3, 0.4) is 0 Å². The highest BCUT2D eigenvalue weighted by atomic mass is 16.3. The van der Waals surface area contributed by atoms with Crippen molar-refractivity contribution in [2.24, 2.45) is 5.92 Å². The third-order valence-corrected chi connectivity index (χ3v) is 2.79.